The Morgan fingerprint density at radius 3 is 2.51 bits per heavy atom. The van der Waals surface area contributed by atoms with Gasteiger partial charge in [-0.1, -0.05) is 12.1 Å². The molecule has 0 radical (unpaired) electrons. The quantitative estimate of drug-likeness (QED) is 0.333. The van der Waals surface area contributed by atoms with Crippen LogP contribution in [0.5, 0.6) is 23.0 Å². The van der Waals surface area contributed by atoms with Crippen molar-refractivity contribution < 1.29 is 38.5 Å². The number of benzene rings is 2. The van der Waals surface area contributed by atoms with Crippen LogP contribution in [0, 0.1) is 0 Å². The van der Waals surface area contributed by atoms with Gasteiger partial charge < -0.3 is 33.9 Å². The van der Waals surface area contributed by atoms with Gasteiger partial charge in [-0.05, 0) is 24.3 Å². The van der Waals surface area contributed by atoms with Gasteiger partial charge in [0.1, 0.15) is 19.0 Å². The monoisotopic (exact) mass is 483 g/mol. The van der Waals surface area contributed by atoms with Crippen LogP contribution in [0.2, 0.25) is 0 Å². The summed E-state index contributed by atoms with van der Waals surface area (Å²) in [7, 11) is 7.08. The molecule has 4 rings (SSSR count). The molecule has 1 fully saturated rings. The van der Waals surface area contributed by atoms with Gasteiger partial charge in [-0.25, -0.2) is 0 Å². The summed E-state index contributed by atoms with van der Waals surface area (Å²) in [5, 5.41) is 11.4. The van der Waals surface area contributed by atoms with Gasteiger partial charge in [-0.15, -0.1) is 0 Å². The zero-order chi connectivity index (χ0) is 25.1. The Morgan fingerprint density at radius 2 is 1.83 bits per heavy atom. The molecule has 2 aliphatic heterocycles. The molecule has 0 unspecified atom stereocenters. The normalized spacial score (nSPS) is 18.8. The van der Waals surface area contributed by atoms with Crippen LogP contribution in [0.3, 0.4) is 0 Å². The fourth-order valence-corrected chi connectivity index (χ4v) is 4.51. The number of carbonyl (C=O) groups is 2. The fraction of sp³-hybridized carbons (Fsp3) is 0.385. The number of aliphatic hydroxyl groups excluding tert-OH is 1. The van der Waals surface area contributed by atoms with E-state index < -0.39 is 17.7 Å². The molecule has 1 atom stereocenters. The third kappa shape index (κ3) is 4.64. The van der Waals surface area contributed by atoms with E-state index in [0.717, 1.165) is 6.54 Å². The van der Waals surface area contributed by atoms with Crippen LogP contribution < -0.4 is 23.8 Å². The Balaban J connectivity index is 1.86. The summed E-state index contributed by atoms with van der Waals surface area (Å²) in [4.78, 5) is 29.3. The van der Waals surface area contributed by atoms with Gasteiger partial charge in [0.15, 0.2) is 23.0 Å². The van der Waals surface area contributed by atoms with Crippen LogP contribution in [0.25, 0.3) is 5.76 Å². The van der Waals surface area contributed by atoms with Gasteiger partial charge >= 0.3 is 0 Å². The molecule has 2 heterocycles. The molecular weight excluding hydrogens is 452 g/mol. The van der Waals surface area contributed by atoms with Crippen molar-refractivity contribution in [3.8, 4) is 23.0 Å². The number of ether oxygens (including phenoxy) is 4. The van der Waals surface area contributed by atoms with E-state index in [1.165, 1.54) is 24.0 Å². The molecule has 9 nitrogen and oxygen atoms in total. The summed E-state index contributed by atoms with van der Waals surface area (Å²) >= 11 is 0. The van der Waals surface area contributed by atoms with Crippen molar-refractivity contribution in [3.05, 3.63) is 53.1 Å². The molecule has 1 saturated heterocycles. The highest BCUT2D eigenvalue weighted by Crippen LogP contribution is 2.46. The number of hydrogen-bond donors (Lipinski definition) is 2. The molecule has 9 heteroatoms. The molecule has 2 aromatic rings. The van der Waals surface area contributed by atoms with E-state index in [9.17, 15) is 14.7 Å². The van der Waals surface area contributed by atoms with Gasteiger partial charge in [0.2, 0.25) is 0 Å². The zero-order valence-electron chi connectivity index (χ0n) is 20.4. The minimum atomic E-state index is -0.842. The Bertz CT molecular complexity index is 1160. The second kappa shape index (κ2) is 10.3. The number of nitrogens with one attached hydrogen (secondary N) is 1. The lowest BCUT2D eigenvalue weighted by Crippen LogP contribution is -3.05. The smallest absolute Gasteiger partial charge is 0.295 e. The lowest BCUT2D eigenvalue weighted by molar-refractivity contribution is -0.858. The van der Waals surface area contributed by atoms with Crippen LogP contribution in [-0.4, -0.2) is 76.3 Å². The SMILES string of the molecule is COc1cccc([C@H]2/C(=C(/O)c3ccc4c(c3)OCCO4)C(=O)C(=O)N2CCC[NH+](C)C)c1OC. The highest BCUT2D eigenvalue weighted by molar-refractivity contribution is 6.46. The number of rotatable bonds is 8. The van der Waals surface area contributed by atoms with Gasteiger partial charge in [-0.2, -0.15) is 0 Å². The number of quaternary nitrogens is 1. The average Bonchev–Trinajstić information content (AvgIpc) is 3.12. The Hall–Kier alpha value is -3.72. The number of nitrogens with zero attached hydrogens (tertiary/aromatic N) is 1. The van der Waals surface area contributed by atoms with Crippen molar-refractivity contribution in [1.29, 1.82) is 0 Å². The van der Waals surface area contributed by atoms with Crippen molar-refractivity contribution >= 4 is 17.4 Å². The third-order valence-corrected chi connectivity index (χ3v) is 6.16. The second-order valence-corrected chi connectivity index (χ2v) is 8.74. The number of carbonyl (C=O) groups excluding carboxylic acids is 2. The third-order valence-electron chi connectivity index (χ3n) is 6.16. The number of ketones is 1. The molecule has 0 aromatic heterocycles. The van der Waals surface area contributed by atoms with Gasteiger partial charge in [0, 0.05) is 24.1 Å². The maximum absolute atomic E-state index is 13.3. The molecule has 2 aliphatic rings. The molecule has 0 saturated carbocycles. The van der Waals surface area contributed by atoms with Crippen molar-refractivity contribution in [1.82, 2.24) is 4.90 Å². The van der Waals surface area contributed by atoms with Gasteiger partial charge in [0.25, 0.3) is 11.7 Å². The number of para-hydroxylation sites is 1. The highest BCUT2D eigenvalue weighted by Gasteiger charge is 2.47. The number of likely N-dealkylation sites (tertiary alicyclic amines) is 1. The molecule has 1 amide bonds. The standard InChI is InChI=1S/C26H30N2O7/c1-27(2)11-6-12-28-22(17-7-5-8-19(32-3)25(17)33-4)21(24(30)26(28)31)23(29)16-9-10-18-20(15-16)35-14-13-34-18/h5,7-10,15,22,29H,6,11-14H2,1-4H3/p+1/b23-21-/t22-/m0/s1. The predicted molar refractivity (Wildman–Crippen MR) is 128 cm³/mol. The second-order valence-electron chi connectivity index (χ2n) is 8.74. The Morgan fingerprint density at radius 1 is 1.09 bits per heavy atom. The Kier molecular flexibility index (Phi) is 7.16. The van der Waals surface area contributed by atoms with Crippen molar-refractivity contribution in [2.24, 2.45) is 0 Å². The summed E-state index contributed by atoms with van der Waals surface area (Å²) in [5.74, 6) is 0.212. The zero-order valence-corrected chi connectivity index (χ0v) is 20.4. The van der Waals surface area contributed by atoms with Crippen molar-refractivity contribution in [2.45, 2.75) is 12.5 Å². The van der Waals surface area contributed by atoms with E-state index in [2.05, 4.69) is 0 Å². The lowest BCUT2D eigenvalue weighted by Gasteiger charge is -2.27. The molecule has 35 heavy (non-hydrogen) atoms. The average molecular weight is 484 g/mol. The number of Topliss-reactive ketones (excluding diaryl/α,β-unsaturated/α-hetero) is 1. The first-order valence-corrected chi connectivity index (χ1v) is 11.6. The first-order valence-electron chi connectivity index (χ1n) is 11.6. The largest absolute Gasteiger partial charge is 0.507 e. The number of hydrogen-bond acceptors (Lipinski definition) is 7. The summed E-state index contributed by atoms with van der Waals surface area (Å²) in [6, 6.07) is 9.39. The molecule has 0 aliphatic carbocycles. The molecule has 2 aromatic carbocycles. The Labute approximate surface area is 204 Å². The van der Waals surface area contributed by atoms with E-state index in [0.29, 0.717) is 60.3 Å². The van der Waals surface area contributed by atoms with Gasteiger partial charge in [-0.3, -0.25) is 9.59 Å². The van der Waals surface area contributed by atoms with Crippen LogP contribution in [0.4, 0.5) is 0 Å². The number of amides is 1. The topological polar surface area (TPSA) is 99.0 Å². The molecule has 2 N–H and O–H groups in total. The lowest BCUT2D eigenvalue weighted by atomic mass is 9.94. The van der Waals surface area contributed by atoms with Crippen LogP contribution >= 0.6 is 0 Å². The van der Waals surface area contributed by atoms with Gasteiger partial charge in [0.05, 0.1) is 46.5 Å². The number of methoxy groups -OCH3 is 2. The van der Waals surface area contributed by atoms with E-state index in [4.69, 9.17) is 18.9 Å². The summed E-state index contributed by atoms with van der Waals surface area (Å²) in [5.41, 5.74) is 0.912. The van der Waals surface area contributed by atoms with E-state index >= 15 is 0 Å². The van der Waals surface area contributed by atoms with E-state index in [1.807, 2.05) is 14.1 Å². The molecule has 186 valence electrons. The minimum Gasteiger partial charge on any atom is -0.507 e. The number of aliphatic hydroxyl groups is 1. The minimum absolute atomic E-state index is 0.00423. The summed E-state index contributed by atoms with van der Waals surface area (Å²) < 4.78 is 22.3. The summed E-state index contributed by atoms with van der Waals surface area (Å²) in [6.07, 6.45) is 0.683. The first-order chi connectivity index (χ1) is 16.9. The van der Waals surface area contributed by atoms with E-state index in [1.54, 1.807) is 36.4 Å². The van der Waals surface area contributed by atoms with E-state index in [-0.39, 0.29) is 11.3 Å². The predicted octanol–water partition coefficient (Wildman–Crippen LogP) is 1.43. The maximum Gasteiger partial charge on any atom is 0.295 e. The van der Waals surface area contributed by atoms with Crippen LogP contribution in [0.1, 0.15) is 23.6 Å². The van der Waals surface area contributed by atoms with Crippen molar-refractivity contribution in [2.75, 3.05) is 54.6 Å². The van der Waals surface area contributed by atoms with Crippen LogP contribution in [0.15, 0.2) is 42.0 Å². The molecular formula is C26H31N2O7+. The fourth-order valence-electron chi connectivity index (χ4n) is 4.51. The van der Waals surface area contributed by atoms with Crippen LogP contribution in [-0.2, 0) is 9.59 Å². The van der Waals surface area contributed by atoms with Crippen molar-refractivity contribution in [3.63, 3.8) is 0 Å². The summed E-state index contributed by atoms with van der Waals surface area (Å²) in [6.45, 7) is 1.98. The highest BCUT2D eigenvalue weighted by atomic mass is 16.6. The molecule has 0 bridgehead atoms. The number of fused-ring (bicyclic) bond motifs is 1. The first kappa shape index (κ1) is 24.4. The molecule has 0 spiro atoms. The maximum atomic E-state index is 13.3.